The van der Waals surface area contributed by atoms with Gasteiger partial charge in [0, 0.05) is 63.2 Å². The second kappa shape index (κ2) is 16.3. The minimum atomic E-state index is -0.970. The summed E-state index contributed by atoms with van der Waals surface area (Å²) in [6.07, 6.45) is 2.77. The van der Waals surface area contributed by atoms with Gasteiger partial charge in [-0.05, 0) is 82.1 Å². The molecule has 2 N–H and O–H groups in total. The first-order valence-corrected chi connectivity index (χ1v) is 18.6. The molecule has 11 nitrogen and oxygen atoms in total. The van der Waals surface area contributed by atoms with Crippen LogP contribution in [0.5, 0.6) is 0 Å². The Labute approximate surface area is 310 Å². The van der Waals surface area contributed by atoms with E-state index in [9.17, 15) is 28.4 Å². The second-order valence-corrected chi connectivity index (χ2v) is 16.4. The monoisotopic (exact) mass is 737 g/mol. The van der Waals surface area contributed by atoms with E-state index in [-0.39, 0.29) is 66.0 Å². The Morgan fingerprint density at radius 3 is 2.19 bits per heavy atom. The van der Waals surface area contributed by atoms with E-state index >= 15 is 4.39 Å². The molecule has 2 heterocycles. The van der Waals surface area contributed by atoms with E-state index in [0.717, 1.165) is 31.7 Å². The minimum Gasteiger partial charge on any atom is -0.373 e. The van der Waals surface area contributed by atoms with Gasteiger partial charge in [-0.1, -0.05) is 38.1 Å². The summed E-state index contributed by atoms with van der Waals surface area (Å²) < 4.78 is 34.1. The number of hydrogen-bond donors (Lipinski definition) is 2. The zero-order chi connectivity index (χ0) is 38.7. The van der Waals surface area contributed by atoms with Gasteiger partial charge in [0.25, 0.3) is 0 Å². The fourth-order valence-electron chi connectivity index (χ4n) is 8.14. The number of rotatable bonds is 9. The van der Waals surface area contributed by atoms with Crippen molar-refractivity contribution < 1.29 is 37.5 Å². The molecule has 4 atom stereocenters. The summed E-state index contributed by atoms with van der Waals surface area (Å²) in [5, 5.41) is 5.26. The normalized spacial score (nSPS) is 23.4. The number of esters is 1. The first kappa shape index (κ1) is 39.8. The van der Waals surface area contributed by atoms with Crippen LogP contribution >= 0.6 is 0 Å². The molecule has 0 spiro atoms. The third kappa shape index (κ3) is 9.59. The molecule has 3 aliphatic rings. The number of alkyl carbamates (subject to hydrolysis) is 1. The molecular formula is C40H53F2N5O6. The van der Waals surface area contributed by atoms with Crippen LogP contribution < -0.4 is 10.6 Å². The summed E-state index contributed by atoms with van der Waals surface area (Å²) in [5.74, 6) is -4.48. The van der Waals surface area contributed by atoms with Crippen molar-refractivity contribution in [3.05, 3.63) is 71.3 Å². The number of amides is 4. The van der Waals surface area contributed by atoms with Crippen LogP contribution in [0.2, 0.25) is 0 Å². The van der Waals surface area contributed by atoms with Gasteiger partial charge in [0.2, 0.25) is 17.7 Å². The van der Waals surface area contributed by atoms with Gasteiger partial charge in [0.15, 0.2) is 0 Å². The highest BCUT2D eigenvalue weighted by Crippen LogP contribution is 2.42. The maximum Gasteiger partial charge on any atom is 0.415 e. The van der Waals surface area contributed by atoms with Crippen LogP contribution in [-0.4, -0.2) is 101 Å². The first-order valence-electron chi connectivity index (χ1n) is 18.6. The van der Waals surface area contributed by atoms with Crippen LogP contribution in [-0.2, 0) is 19.1 Å². The van der Waals surface area contributed by atoms with Gasteiger partial charge in [-0.2, -0.15) is 0 Å². The molecular weight excluding hydrogens is 684 g/mol. The zero-order valence-electron chi connectivity index (χ0n) is 31.6. The lowest BCUT2D eigenvalue weighted by molar-refractivity contribution is -0.142. The predicted octanol–water partition coefficient (Wildman–Crippen LogP) is 5.25. The number of hydrogen-bond acceptors (Lipinski definition) is 7. The zero-order valence-corrected chi connectivity index (χ0v) is 31.6. The molecule has 3 fully saturated rings. The number of benzene rings is 2. The summed E-state index contributed by atoms with van der Waals surface area (Å²) in [4.78, 5) is 71.9. The Balaban J connectivity index is 1.34. The molecule has 4 amide bonds. The maximum atomic E-state index is 15.3. The topological polar surface area (TPSA) is 128 Å². The van der Waals surface area contributed by atoms with E-state index in [0.29, 0.717) is 13.1 Å². The Morgan fingerprint density at radius 1 is 0.906 bits per heavy atom. The summed E-state index contributed by atoms with van der Waals surface area (Å²) >= 11 is 0. The van der Waals surface area contributed by atoms with Crippen molar-refractivity contribution in [1.82, 2.24) is 25.3 Å². The molecule has 1 saturated carbocycles. The molecule has 2 aromatic rings. The van der Waals surface area contributed by atoms with Crippen LogP contribution in [0.3, 0.4) is 0 Å². The average Bonchev–Trinajstić information content (AvgIpc) is 3.74. The maximum absolute atomic E-state index is 15.3. The third-order valence-electron chi connectivity index (χ3n) is 11.2. The Bertz CT molecular complexity index is 1670. The summed E-state index contributed by atoms with van der Waals surface area (Å²) in [5.41, 5.74) is 0.270. The lowest BCUT2D eigenvalue weighted by Crippen LogP contribution is -2.51. The van der Waals surface area contributed by atoms with E-state index in [1.54, 1.807) is 18.2 Å². The van der Waals surface area contributed by atoms with Crippen molar-refractivity contribution in [3.8, 4) is 0 Å². The highest BCUT2D eigenvalue weighted by molar-refractivity contribution is 5.96. The van der Waals surface area contributed by atoms with Crippen LogP contribution in [0.4, 0.5) is 13.6 Å². The Morgan fingerprint density at radius 2 is 1.57 bits per heavy atom. The number of nitrogens with one attached hydrogen (secondary N) is 2. The fraction of sp³-hybridized carbons (Fsp3) is 0.575. The van der Waals surface area contributed by atoms with Gasteiger partial charge in [-0.25, -0.2) is 18.4 Å². The SMILES string of the molecule is CC(=O)N(C1CCC(C)(C)CC1)[C@H]1C[C@@H](C(=O)NCCNC(=O)OC(=O)c2ccccc2)N(C(=O)[C@@H]2CN(C(C)(C)C)C[C@H]2c2ccc(F)cc2F)C1. The molecule has 288 valence electrons. The average molecular weight is 738 g/mol. The second-order valence-electron chi connectivity index (χ2n) is 16.4. The third-order valence-corrected chi connectivity index (χ3v) is 11.2. The molecule has 5 rings (SSSR count). The molecule has 0 aromatic heterocycles. The van der Waals surface area contributed by atoms with Crippen LogP contribution in [0.25, 0.3) is 0 Å². The number of likely N-dealkylation sites (tertiary alicyclic amines) is 2. The Hall–Kier alpha value is -4.39. The molecule has 2 saturated heterocycles. The molecule has 0 unspecified atom stereocenters. The smallest absolute Gasteiger partial charge is 0.373 e. The molecule has 0 radical (unpaired) electrons. The molecule has 53 heavy (non-hydrogen) atoms. The summed E-state index contributed by atoms with van der Waals surface area (Å²) in [6.45, 7) is 12.7. The van der Waals surface area contributed by atoms with Crippen LogP contribution in [0.15, 0.2) is 48.5 Å². The lowest BCUT2D eigenvalue weighted by atomic mass is 9.75. The molecule has 2 aliphatic heterocycles. The van der Waals surface area contributed by atoms with Crippen molar-refractivity contribution in [2.24, 2.45) is 11.3 Å². The fourth-order valence-corrected chi connectivity index (χ4v) is 8.14. The number of ether oxygens (including phenoxy) is 1. The van der Waals surface area contributed by atoms with Crippen molar-refractivity contribution in [1.29, 1.82) is 0 Å². The van der Waals surface area contributed by atoms with E-state index in [1.165, 1.54) is 36.1 Å². The van der Waals surface area contributed by atoms with Gasteiger partial charge in [-0.15, -0.1) is 0 Å². The summed E-state index contributed by atoms with van der Waals surface area (Å²) in [6, 6.07) is 10.1. The number of halogens is 2. The Kier molecular flexibility index (Phi) is 12.3. The number of carbonyl (C=O) groups excluding carboxylic acids is 5. The van der Waals surface area contributed by atoms with Crippen molar-refractivity contribution in [3.63, 3.8) is 0 Å². The van der Waals surface area contributed by atoms with Gasteiger partial charge in [0.05, 0.1) is 17.5 Å². The molecule has 13 heteroatoms. The van der Waals surface area contributed by atoms with Crippen molar-refractivity contribution in [2.45, 2.75) is 103 Å². The van der Waals surface area contributed by atoms with Crippen molar-refractivity contribution >= 4 is 29.8 Å². The van der Waals surface area contributed by atoms with Crippen LogP contribution in [0.1, 0.15) is 95.5 Å². The number of carbonyl (C=O) groups is 5. The lowest BCUT2D eigenvalue weighted by Gasteiger charge is -2.42. The highest BCUT2D eigenvalue weighted by atomic mass is 19.1. The largest absolute Gasteiger partial charge is 0.415 e. The molecule has 2 aromatic carbocycles. The van der Waals surface area contributed by atoms with E-state index < -0.39 is 53.5 Å². The van der Waals surface area contributed by atoms with Crippen molar-refractivity contribution in [2.75, 3.05) is 32.7 Å². The predicted molar refractivity (Wildman–Crippen MR) is 195 cm³/mol. The first-order chi connectivity index (χ1) is 24.9. The number of nitrogens with zero attached hydrogens (tertiary/aromatic N) is 3. The summed E-state index contributed by atoms with van der Waals surface area (Å²) in [7, 11) is 0. The molecule has 0 bridgehead atoms. The quantitative estimate of drug-likeness (QED) is 0.205. The van der Waals surface area contributed by atoms with E-state index in [1.807, 2.05) is 25.7 Å². The van der Waals surface area contributed by atoms with E-state index in [2.05, 4.69) is 29.4 Å². The van der Waals surface area contributed by atoms with Gasteiger partial charge >= 0.3 is 12.1 Å². The molecule has 1 aliphatic carbocycles. The van der Waals surface area contributed by atoms with E-state index in [4.69, 9.17) is 4.74 Å². The minimum absolute atomic E-state index is 0.0184. The highest BCUT2D eigenvalue weighted by Gasteiger charge is 2.50. The van der Waals surface area contributed by atoms with Crippen LogP contribution in [0, 0.1) is 23.0 Å². The van der Waals surface area contributed by atoms with Gasteiger partial charge < -0.3 is 25.2 Å². The van der Waals surface area contributed by atoms with Gasteiger partial charge in [-0.3, -0.25) is 19.3 Å². The van der Waals surface area contributed by atoms with Gasteiger partial charge in [0.1, 0.15) is 17.7 Å². The standard InChI is InChI=1S/C40H53F2N5O6/c1-25(48)47(28-14-16-40(5,6)17-15-28)29-21-34(35(49)43-18-19-44-38(52)53-37(51)26-10-8-7-9-11-26)46(22-29)36(50)32-24-45(39(2,3)4)23-31(32)30-13-12-27(41)20-33(30)42/h7-13,20,28-29,31-32,34H,14-19,21-24H2,1-6H3,(H,43,49)(H,44,52)/t29-,31-,32+,34-/m0/s1.